The molecule has 3 saturated heterocycles. The van der Waals surface area contributed by atoms with E-state index in [0.717, 1.165) is 58.3 Å². The molecule has 0 aliphatic carbocycles. The van der Waals surface area contributed by atoms with Crippen molar-refractivity contribution in [2.24, 2.45) is 5.92 Å². The van der Waals surface area contributed by atoms with Crippen molar-refractivity contribution in [2.45, 2.75) is 51.1 Å². The van der Waals surface area contributed by atoms with Crippen molar-refractivity contribution < 1.29 is 9.59 Å². The summed E-state index contributed by atoms with van der Waals surface area (Å²) in [6.07, 6.45) is 5.22. The number of hydrogen-bond acceptors (Lipinski definition) is 3. The maximum atomic E-state index is 12.8. The molecule has 3 aliphatic heterocycles. The predicted molar refractivity (Wildman–Crippen MR) is 80.7 cm³/mol. The Balaban J connectivity index is 1.69. The van der Waals surface area contributed by atoms with E-state index in [1.807, 2.05) is 16.7 Å². The zero-order valence-electron chi connectivity index (χ0n) is 13.3. The minimum absolute atomic E-state index is 0.159. The van der Waals surface area contributed by atoms with Crippen LogP contribution in [0.1, 0.15) is 39.0 Å². The van der Waals surface area contributed by atoms with Crippen LogP contribution in [-0.4, -0.2) is 71.8 Å². The second-order valence-corrected chi connectivity index (χ2v) is 6.96. The van der Waals surface area contributed by atoms with Gasteiger partial charge in [-0.15, -0.1) is 0 Å². The van der Waals surface area contributed by atoms with Crippen LogP contribution in [0.25, 0.3) is 0 Å². The Hall–Kier alpha value is -1.10. The van der Waals surface area contributed by atoms with Gasteiger partial charge in [0.25, 0.3) is 0 Å². The van der Waals surface area contributed by atoms with Crippen molar-refractivity contribution in [2.75, 3.05) is 33.2 Å². The molecule has 0 bridgehead atoms. The van der Waals surface area contributed by atoms with Crippen molar-refractivity contribution in [1.29, 1.82) is 0 Å². The summed E-state index contributed by atoms with van der Waals surface area (Å²) in [4.78, 5) is 31.4. The number of nitrogens with zero attached hydrogens (tertiary/aromatic N) is 3. The number of piperazine rings is 1. The summed E-state index contributed by atoms with van der Waals surface area (Å²) in [5, 5.41) is 0. The van der Waals surface area contributed by atoms with Gasteiger partial charge in [-0.3, -0.25) is 9.59 Å². The molecule has 2 unspecified atom stereocenters. The van der Waals surface area contributed by atoms with Crippen molar-refractivity contribution >= 4 is 11.8 Å². The minimum Gasteiger partial charge on any atom is -0.329 e. The number of fused-ring (bicyclic) bond motifs is 1. The average molecular weight is 293 g/mol. The number of carbonyl (C=O) groups excluding carboxylic acids is 2. The van der Waals surface area contributed by atoms with E-state index in [1.165, 1.54) is 0 Å². The molecule has 3 heterocycles. The summed E-state index contributed by atoms with van der Waals surface area (Å²) in [6.45, 7) is 5.64. The first kappa shape index (κ1) is 14.8. The van der Waals surface area contributed by atoms with E-state index < -0.39 is 0 Å². The van der Waals surface area contributed by atoms with Gasteiger partial charge >= 0.3 is 0 Å². The Kier molecular flexibility index (Phi) is 4.20. The Morgan fingerprint density at radius 2 is 1.71 bits per heavy atom. The Morgan fingerprint density at radius 3 is 2.43 bits per heavy atom. The van der Waals surface area contributed by atoms with Gasteiger partial charge in [-0.25, -0.2) is 0 Å². The zero-order valence-corrected chi connectivity index (χ0v) is 13.3. The molecule has 0 aromatic heterocycles. The predicted octanol–water partition coefficient (Wildman–Crippen LogP) is 0.940. The maximum Gasteiger partial charge on any atom is 0.246 e. The van der Waals surface area contributed by atoms with Crippen LogP contribution >= 0.6 is 0 Å². The second kappa shape index (κ2) is 5.95. The molecule has 0 radical (unpaired) electrons. The van der Waals surface area contributed by atoms with Crippen LogP contribution < -0.4 is 0 Å². The largest absolute Gasteiger partial charge is 0.329 e. The van der Waals surface area contributed by atoms with Crippen molar-refractivity contribution in [1.82, 2.24) is 14.7 Å². The number of likely N-dealkylation sites (tertiary alicyclic amines) is 1. The normalized spacial score (nSPS) is 32.5. The summed E-state index contributed by atoms with van der Waals surface area (Å²) in [5.41, 5.74) is 0. The summed E-state index contributed by atoms with van der Waals surface area (Å²) in [5.74, 6) is 0.906. The monoisotopic (exact) mass is 293 g/mol. The lowest BCUT2D eigenvalue weighted by Gasteiger charge is -2.47. The molecule has 0 saturated carbocycles. The molecule has 21 heavy (non-hydrogen) atoms. The fourth-order valence-corrected chi connectivity index (χ4v) is 3.98. The second-order valence-electron chi connectivity index (χ2n) is 6.96. The Labute approximate surface area is 127 Å². The Morgan fingerprint density at radius 1 is 1.00 bits per heavy atom. The number of amides is 2. The SMILES string of the molecule is CC1C(=O)N2CCCCC2C(=O)N1CC1CCN(C)CC1. The van der Waals surface area contributed by atoms with E-state index in [4.69, 9.17) is 0 Å². The molecule has 3 aliphatic rings. The topological polar surface area (TPSA) is 43.9 Å². The van der Waals surface area contributed by atoms with Gasteiger partial charge in [-0.05, 0) is 65.1 Å². The number of hydrogen-bond donors (Lipinski definition) is 0. The molecule has 2 atom stereocenters. The highest BCUT2D eigenvalue weighted by atomic mass is 16.2. The van der Waals surface area contributed by atoms with Gasteiger partial charge in [-0.1, -0.05) is 0 Å². The van der Waals surface area contributed by atoms with E-state index in [1.54, 1.807) is 0 Å². The first-order valence-corrected chi connectivity index (χ1v) is 8.37. The molecular formula is C16H27N3O2. The van der Waals surface area contributed by atoms with Crippen LogP contribution in [0.2, 0.25) is 0 Å². The van der Waals surface area contributed by atoms with Gasteiger partial charge in [0.05, 0.1) is 0 Å². The third kappa shape index (κ3) is 2.80. The molecule has 2 amide bonds. The third-order valence-electron chi connectivity index (χ3n) is 5.47. The van der Waals surface area contributed by atoms with E-state index >= 15 is 0 Å². The van der Waals surface area contributed by atoms with Crippen LogP contribution in [0.5, 0.6) is 0 Å². The first-order chi connectivity index (χ1) is 10.1. The summed E-state index contributed by atoms with van der Waals surface area (Å²) in [6, 6.07) is -0.444. The first-order valence-electron chi connectivity index (χ1n) is 8.37. The zero-order chi connectivity index (χ0) is 15.0. The highest BCUT2D eigenvalue weighted by molar-refractivity contribution is 5.96. The van der Waals surface area contributed by atoms with E-state index in [0.29, 0.717) is 5.92 Å². The lowest BCUT2D eigenvalue weighted by Crippen LogP contribution is -2.65. The van der Waals surface area contributed by atoms with Crippen molar-refractivity contribution in [3.63, 3.8) is 0 Å². The molecule has 3 fully saturated rings. The standard InChI is InChI=1S/C16H27N3O2/c1-12-15(20)18-8-4-3-5-14(18)16(21)19(12)11-13-6-9-17(2)10-7-13/h12-14H,3-11H2,1-2H3. The van der Waals surface area contributed by atoms with E-state index in [2.05, 4.69) is 11.9 Å². The van der Waals surface area contributed by atoms with Gasteiger partial charge < -0.3 is 14.7 Å². The molecule has 0 aromatic carbocycles. The molecular weight excluding hydrogens is 266 g/mol. The number of carbonyl (C=O) groups is 2. The molecule has 0 N–H and O–H groups in total. The van der Waals surface area contributed by atoms with Crippen LogP contribution in [0, 0.1) is 5.92 Å². The van der Waals surface area contributed by atoms with Crippen LogP contribution in [0.4, 0.5) is 0 Å². The highest BCUT2D eigenvalue weighted by Crippen LogP contribution is 2.28. The van der Waals surface area contributed by atoms with Gasteiger partial charge in [0.15, 0.2) is 0 Å². The van der Waals surface area contributed by atoms with E-state index in [-0.39, 0.29) is 23.9 Å². The third-order valence-corrected chi connectivity index (χ3v) is 5.47. The van der Waals surface area contributed by atoms with Crippen LogP contribution in [0.15, 0.2) is 0 Å². The lowest BCUT2D eigenvalue weighted by molar-refractivity contribution is -0.163. The van der Waals surface area contributed by atoms with Crippen molar-refractivity contribution in [3.8, 4) is 0 Å². The molecule has 5 nitrogen and oxygen atoms in total. The smallest absolute Gasteiger partial charge is 0.246 e. The van der Waals surface area contributed by atoms with Crippen molar-refractivity contribution in [3.05, 3.63) is 0 Å². The molecule has 118 valence electrons. The average Bonchev–Trinajstić information content (AvgIpc) is 2.51. The number of piperidine rings is 2. The minimum atomic E-state index is -0.272. The maximum absolute atomic E-state index is 12.8. The molecule has 5 heteroatoms. The lowest BCUT2D eigenvalue weighted by atomic mass is 9.92. The van der Waals surface area contributed by atoms with Gasteiger partial charge in [0.2, 0.25) is 11.8 Å². The summed E-state index contributed by atoms with van der Waals surface area (Å²) < 4.78 is 0. The van der Waals surface area contributed by atoms with Gasteiger partial charge in [0, 0.05) is 13.1 Å². The van der Waals surface area contributed by atoms with Gasteiger partial charge in [-0.2, -0.15) is 0 Å². The molecule has 3 rings (SSSR count). The fourth-order valence-electron chi connectivity index (χ4n) is 3.98. The molecule has 0 aromatic rings. The van der Waals surface area contributed by atoms with Gasteiger partial charge in [0.1, 0.15) is 12.1 Å². The van der Waals surface area contributed by atoms with Crippen LogP contribution in [0.3, 0.4) is 0 Å². The molecule has 0 spiro atoms. The quantitative estimate of drug-likeness (QED) is 0.761. The number of rotatable bonds is 2. The fraction of sp³-hybridized carbons (Fsp3) is 0.875. The Bertz CT molecular complexity index is 418. The highest BCUT2D eigenvalue weighted by Gasteiger charge is 2.45. The van der Waals surface area contributed by atoms with Crippen LogP contribution in [-0.2, 0) is 9.59 Å². The summed E-state index contributed by atoms with van der Waals surface area (Å²) >= 11 is 0. The summed E-state index contributed by atoms with van der Waals surface area (Å²) in [7, 11) is 2.15. The van der Waals surface area contributed by atoms with E-state index in [9.17, 15) is 9.59 Å².